The van der Waals surface area contributed by atoms with E-state index >= 15 is 0 Å². The molecule has 0 radical (unpaired) electrons. The molecule has 0 heterocycles. The molecule has 2 N–H and O–H groups in total. The summed E-state index contributed by atoms with van der Waals surface area (Å²) in [7, 11) is 0. The standard InChI is InChI=1S/C14H23N/c15-13(12-1-2-12)14-6-9-3-10(7-14)5-11(4-9)8-14/h9-13H,1-8,15H2. The second-order valence-electron chi connectivity index (χ2n) is 7.14. The molecule has 0 aromatic carbocycles. The summed E-state index contributed by atoms with van der Waals surface area (Å²) >= 11 is 0. The maximum atomic E-state index is 6.58. The monoisotopic (exact) mass is 205 g/mol. The lowest BCUT2D eigenvalue weighted by Crippen LogP contribution is -2.55. The van der Waals surface area contributed by atoms with Crippen molar-refractivity contribution in [3.8, 4) is 0 Å². The Labute approximate surface area is 92.8 Å². The van der Waals surface area contributed by atoms with Crippen molar-refractivity contribution in [1.29, 1.82) is 0 Å². The zero-order valence-corrected chi connectivity index (χ0v) is 9.62. The average molecular weight is 205 g/mol. The summed E-state index contributed by atoms with van der Waals surface area (Å²) in [6, 6.07) is 0.575. The minimum atomic E-state index is 0.575. The van der Waals surface area contributed by atoms with Crippen molar-refractivity contribution < 1.29 is 0 Å². The van der Waals surface area contributed by atoms with Crippen LogP contribution in [-0.4, -0.2) is 6.04 Å². The summed E-state index contributed by atoms with van der Waals surface area (Å²) in [6.07, 6.45) is 12.0. The highest BCUT2D eigenvalue weighted by Crippen LogP contribution is 2.63. The van der Waals surface area contributed by atoms with E-state index in [1.54, 1.807) is 19.3 Å². The van der Waals surface area contributed by atoms with Crippen LogP contribution in [0.3, 0.4) is 0 Å². The number of nitrogens with two attached hydrogens (primary N) is 1. The summed E-state index contributed by atoms with van der Waals surface area (Å²) in [5.41, 5.74) is 7.20. The molecule has 84 valence electrons. The van der Waals surface area contributed by atoms with Crippen molar-refractivity contribution >= 4 is 0 Å². The van der Waals surface area contributed by atoms with Crippen LogP contribution in [-0.2, 0) is 0 Å². The zero-order chi connectivity index (χ0) is 10.0. The normalized spacial score (nSPS) is 54.6. The SMILES string of the molecule is NC(C1CC1)C12CC3CC(CC(C3)C1)C2. The van der Waals surface area contributed by atoms with Crippen LogP contribution in [0.5, 0.6) is 0 Å². The van der Waals surface area contributed by atoms with Gasteiger partial charge in [-0.2, -0.15) is 0 Å². The number of hydrogen-bond acceptors (Lipinski definition) is 1. The van der Waals surface area contributed by atoms with Gasteiger partial charge in [0.1, 0.15) is 0 Å². The fraction of sp³-hybridized carbons (Fsp3) is 1.00. The van der Waals surface area contributed by atoms with Gasteiger partial charge in [0.15, 0.2) is 0 Å². The highest BCUT2D eigenvalue weighted by molar-refractivity contribution is 5.08. The molecule has 5 aliphatic rings. The van der Waals surface area contributed by atoms with Crippen LogP contribution in [0.25, 0.3) is 0 Å². The Kier molecular flexibility index (Phi) is 1.68. The van der Waals surface area contributed by atoms with Crippen LogP contribution in [0.2, 0.25) is 0 Å². The number of hydrogen-bond donors (Lipinski definition) is 1. The van der Waals surface area contributed by atoms with Crippen LogP contribution in [0.4, 0.5) is 0 Å². The van der Waals surface area contributed by atoms with Crippen LogP contribution in [0.15, 0.2) is 0 Å². The molecular formula is C14H23N. The fourth-order valence-corrected chi connectivity index (χ4v) is 5.54. The summed E-state index contributed by atoms with van der Waals surface area (Å²) in [6.45, 7) is 0. The summed E-state index contributed by atoms with van der Waals surface area (Å²) in [4.78, 5) is 0. The van der Waals surface area contributed by atoms with E-state index < -0.39 is 0 Å². The highest BCUT2D eigenvalue weighted by Gasteiger charge is 2.55. The molecule has 0 aliphatic heterocycles. The molecule has 4 bridgehead atoms. The maximum absolute atomic E-state index is 6.58. The van der Waals surface area contributed by atoms with E-state index in [2.05, 4.69) is 0 Å². The molecule has 1 unspecified atom stereocenters. The predicted molar refractivity (Wildman–Crippen MR) is 61.3 cm³/mol. The van der Waals surface area contributed by atoms with Gasteiger partial charge in [-0.15, -0.1) is 0 Å². The highest BCUT2D eigenvalue weighted by atomic mass is 14.8. The van der Waals surface area contributed by atoms with Gasteiger partial charge in [-0.05, 0) is 80.5 Å². The molecule has 5 fully saturated rings. The van der Waals surface area contributed by atoms with E-state index in [4.69, 9.17) is 5.73 Å². The van der Waals surface area contributed by atoms with Gasteiger partial charge in [-0.1, -0.05) is 0 Å². The molecule has 0 spiro atoms. The third-order valence-corrected chi connectivity index (χ3v) is 5.92. The second-order valence-corrected chi connectivity index (χ2v) is 7.14. The topological polar surface area (TPSA) is 26.0 Å². The molecule has 5 saturated carbocycles. The largest absolute Gasteiger partial charge is 0.327 e. The van der Waals surface area contributed by atoms with Gasteiger partial charge >= 0.3 is 0 Å². The maximum Gasteiger partial charge on any atom is 0.0124 e. The van der Waals surface area contributed by atoms with Crippen LogP contribution in [0, 0.1) is 29.1 Å². The first-order valence-corrected chi connectivity index (χ1v) is 7.01. The van der Waals surface area contributed by atoms with Gasteiger partial charge < -0.3 is 5.73 Å². The van der Waals surface area contributed by atoms with Gasteiger partial charge in [0, 0.05) is 6.04 Å². The van der Waals surface area contributed by atoms with E-state index in [9.17, 15) is 0 Å². The summed E-state index contributed by atoms with van der Waals surface area (Å²) < 4.78 is 0. The van der Waals surface area contributed by atoms with Crippen LogP contribution >= 0.6 is 0 Å². The van der Waals surface area contributed by atoms with E-state index in [1.807, 2.05) is 0 Å². The Balaban J connectivity index is 1.64. The van der Waals surface area contributed by atoms with Crippen LogP contribution < -0.4 is 5.73 Å². The number of rotatable bonds is 2. The Bertz CT molecular complexity index is 244. The Morgan fingerprint density at radius 1 is 0.867 bits per heavy atom. The predicted octanol–water partition coefficient (Wildman–Crippen LogP) is 2.94. The molecule has 1 heteroatoms. The lowest BCUT2D eigenvalue weighted by atomic mass is 9.47. The van der Waals surface area contributed by atoms with Crippen molar-refractivity contribution in [3.63, 3.8) is 0 Å². The zero-order valence-electron chi connectivity index (χ0n) is 9.62. The van der Waals surface area contributed by atoms with Crippen molar-refractivity contribution in [1.82, 2.24) is 0 Å². The van der Waals surface area contributed by atoms with Crippen molar-refractivity contribution in [3.05, 3.63) is 0 Å². The van der Waals surface area contributed by atoms with E-state index in [1.165, 1.54) is 32.1 Å². The van der Waals surface area contributed by atoms with Gasteiger partial charge in [0.2, 0.25) is 0 Å². The van der Waals surface area contributed by atoms with Crippen molar-refractivity contribution in [2.75, 3.05) is 0 Å². The molecule has 5 aliphatic carbocycles. The molecular weight excluding hydrogens is 182 g/mol. The van der Waals surface area contributed by atoms with Crippen LogP contribution in [0.1, 0.15) is 51.4 Å². The van der Waals surface area contributed by atoms with Crippen molar-refractivity contribution in [2.24, 2.45) is 34.8 Å². The van der Waals surface area contributed by atoms with E-state index in [-0.39, 0.29) is 0 Å². The van der Waals surface area contributed by atoms with Gasteiger partial charge in [0.05, 0.1) is 0 Å². The average Bonchev–Trinajstić information content (AvgIpc) is 2.97. The van der Waals surface area contributed by atoms with Gasteiger partial charge in [-0.3, -0.25) is 0 Å². The third kappa shape index (κ3) is 1.25. The second kappa shape index (κ2) is 2.80. The van der Waals surface area contributed by atoms with Gasteiger partial charge in [-0.25, -0.2) is 0 Å². The molecule has 0 aromatic rings. The van der Waals surface area contributed by atoms with Crippen molar-refractivity contribution in [2.45, 2.75) is 57.4 Å². The molecule has 0 amide bonds. The Hall–Kier alpha value is -0.0400. The molecule has 5 rings (SSSR count). The molecule has 0 aromatic heterocycles. The third-order valence-electron chi connectivity index (χ3n) is 5.92. The first-order valence-electron chi connectivity index (χ1n) is 7.01. The first kappa shape index (κ1) is 9.04. The first-order chi connectivity index (χ1) is 7.25. The molecule has 15 heavy (non-hydrogen) atoms. The lowest BCUT2D eigenvalue weighted by molar-refractivity contribution is -0.0705. The minimum Gasteiger partial charge on any atom is -0.327 e. The lowest BCUT2D eigenvalue weighted by Gasteiger charge is -2.59. The van der Waals surface area contributed by atoms with E-state index in [0.717, 1.165) is 23.7 Å². The molecule has 1 nitrogen and oxygen atoms in total. The fourth-order valence-electron chi connectivity index (χ4n) is 5.54. The van der Waals surface area contributed by atoms with Gasteiger partial charge in [0.25, 0.3) is 0 Å². The van der Waals surface area contributed by atoms with E-state index in [0.29, 0.717) is 11.5 Å². The summed E-state index contributed by atoms with van der Waals surface area (Å²) in [5.74, 6) is 4.13. The quantitative estimate of drug-likeness (QED) is 0.737. The Morgan fingerprint density at radius 2 is 1.33 bits per heavy atom. The minimum absolute atomic E-state index is 0.575. The Morgan fingerprint density at radius 3 is 1.73 bits per heavy atom. The molecule has 1 atom stereocenters. The summed E-state index contributed by atoms with van der Waals surface area (Å²) in [5, 5.41) is 0. The molecule has 0 saturated heterocycles. The smallest absolute Gasteiger partial charge is 0.0124 e.